The number of benzene rings is 2. The van der Waals surface area contributed by atoms with E-state index in [1.165, 1.54) is 11.8 Å². The van der Waals surface area contributed by atoms with Crippen molar-refractivity contribution < 1.29 is 14.3 Å². The van der Waals surface area contributed by atoms with E-state index in [2.05, 4.69) is 15.9 Å². The van der Waals surface area contributed by atoms with Gasteiger partial charge >= 0.3 is 0 Å². The van der Waals surface area contributed by atoms with E-state index in [4.69, 9.17) is 4.74 Å². The van der Waals surface area contributed by atoms with Crippen molar-refractivity contribution in [2.45, 2.75) is 13.3 Å². The predicted octanol–water partition coefficient (Wildman–Crippen LogP) is 4.87. The van der Waals surface area contributed by atoms with Gasteiger partial charge in [-0.25, -0.2) is 0 Å². The molecule has 1 amide bonds. The van der Waals surface area contributed by atoms with Gasteiger partial charge in [-0.2, -0.15) is 0 Å². The number of rotatable bonds is 5. The smallest absolute Gasteiger partial charge is 0.227 e. The molecule has 3 rings (SSSR count). The molecular formula is C19H18BrNO3S. The zero-order valence-corrected chi connectivity index (χ0v) is 16.2. The number of nitrogens with zero attached hydrogens (tertiary/aromatic N) is 1. The summed E-state index contributed by atoms with van der Waals surface area (Å²) >= 11 is 4.69. The normalized spacial score (nSPS) is 17.0. The van der Waals surface area contributed by atoms with Crippen molar-refractivity contribution in [1.82, 2.24) is 0 Å². The van der Waals surface area contributed by atoms with E-state index < -0.39 is 0 Å². The van der Waals surface area contributed by atoms with E-state index in [0.29, 0.717) is 18.7 Å². The molecule has 1 atom stereocenters. The van der Waals surface area contributed by atoms with Crippen molar-refractivity contribution in [1.29, 1.82) is 0 Å². The van der Waals surface area contributed by atoms with E-state index >= 15 is 0 Å². The number of ether oxygens (including phenoxy) is 1. The van der Waals surface area contributed by atoms with Gasteiger partial charge in [-0.15, -0.1) is 0 Å². The van der Waals surface area contributed by atoms with Crippen molar-refractivity contribution in [3.63, 3.8) is 0 Å². The predicted molar refractivity (Wildman–Crippen MR) is 104 cm³/mol. The SMILES string of the molecule is CC(=O)SCC1CC(=O)N(c2ccc(Oc3ccc(Br)cc3)cc2)C1. The van der Waals surface area contributed by atoms with E-state index in [-0.39, 0.29) is 16.9 Å². The first-order chi connectivity index (χ1) is 12.0. The van der Waals surface area contributed by atoms with Crippen molar-refractivity contribution in [2.75, 3.05) is 17.2 Å². The Bertz CT molecular complexity index is 761. The van der Waals surface area contributed by atoms with Gasteiger partial charge in [0.15, 0.2) is 5.12 Å². The maximum Gasteiger partial charge on any atom is 0.227 e. The molecule has 1 unspecified atom stereocenters. The fourth-order valence-electron chi connectivity index (χ4n) is 2.71. The van der Waals surface area contributed by atoms with Crippen LogP contribution >= 0.6 is 27.7 Å². The minimum atomic E-state index is 0.0975. The highest BCUT2D eigenvalue weighted by Gasteiger charge is 2.30. The molecule has 0 aliphatic carbocycles. The molecule has 1 heterocycles. The molecule has 0 aromatic heterocycles. The highest BCUT2D eigenvalue weighted by molar-refractivity contribution is 9.10. The highest BCUT2D eigenvalue weighted by Crippen LogP contribution is 2.30. The van der Waals surface area contributed by atoms with Crippen molar-refractivity contribution >= 4 is 44.4 Å². The summed E-state index contributed by atoms with van der Waals surface area (Å²) < 4.78 is 6.80. The molecule has 2 aromatic carbocycles. The second kappa shape index (κ2) is 8.06. The summed E-state index contributed by atoms with van der Waals surface area (Å²) in [5, 5.41) is 0.0975. The van der Waals surface area contributed by atoms with E-state index in [9.17, 15) is 9.59 Å². The monoisotopic (exact) mass is 419 g/mol. The van der Waals surface area contributed by atoms with Gasteiger partial charge in [-0.05, 0) is 54.4 Å². The molecule has 130 valence electrons. The Morgan fingerprint density at radius 2 is 1.76 bits per heavy atom. The molecule has 0 radical (unpaired) electrons. The van der Waals surface area contributed by atoms with Crippen molar-refractivity contribution in [2.24, 2.45) is 5.92 Å². The van der Waals surface area contributed by atoms with Gasteiger partial charge in [0.05, 0.1) is 0 Å². The van der Waals surface area contributed by atoms with Crippen LogP contribution < -0.4 is 9.64 Å². The van der Waals surface area contributed by atoms with Crippen LogP contribution in [0.15, 0.2) is 53.0 Å². The number of carbonyl (C=O) groups is 2. The first kappa shape index (κ1) is 18.0. The molecular weight excluding hydrogens is 402 g/mol. The molecule has 0 bridgehead atoms. The van der Waals surface area contributed by atoms with E-state index in [1.54, 1.807) is 11.8 Å². The summed E-state index contributed by atoms with van der Waals surface area (Å²) in [7, 11) is 0. The largest absolute Gasteiger partial charge is 0.457 e. The molecule has 0 spiro atoms. The number of hydrogen-bond acceptors (Lipinski definition) is 4. The van der Waals surface area contributed by atoms with Gasteiger partial charge in [-0.1, -0.05) is 27.7 Å². The molecule has 1 aliphatic rings. The van der Waals surface area contributed by atoms with Crippen molar-refractivity contribution in [3.05, 3.63) is 53.0 Å². The van der Waals surface area contributed by atoms with Gasteiger partial charge in [0.2, 0.25) is 5.91 Å². The Balaban J connectivity index is 1.63. The van der Waals surface area contributed by atoms with Crippen LogP contribution in [0.4, 0.5) is 5.69 Å². The van der Waals surface area contributed by atoms with Crippen molar-refractivity contribution in [3.8, 4) is 11.5 Å². The Morgan fingerprint density at radius 3 is 2.36 bits per heavy atom. The van der Waals surface area contributed by atoms with Crippen LogP contribution in [0.1, 0.15) is 13.3 Å². The third-order valence-electron chi connectivity index (χ3n) is 3.93. The van der Waals surface area contributed by atoms with E-state index in [0.717, 1.165) is 21.7 Å². The van der Waals surface area contributed by atoms with Gasteiger partial charge < -0.3 is 9.64 Å². The zero-order valence-electron chi connectivity index (χ0n) is 13.8. The number of carbonyl (C=O) groups excluding carboxylic acids is 2. The first-order valence-electron chi connectivity index (χ1n) is 7.98. The Kier molecular flexibility index (Phi) is 5.81. The maximum atomic E-state index is 12.2. The topological polar surface area (TPSA) is 46.6 Å². The average Bonchev–Trinajstić information content (AvgIpc) is 2.97. The summed E-state index contributed by atoms with van der Waals surface area (Å²) in [6, 6.07) is 15.1. The molecule has 1 fully saturated rings. The first-order valence-corrected chi connectivity index (χ1v) is 9.76. The summed E-state index contributed by atoms with van der Waals surface area (Å²) in [5.41, 5.74) is 0.864. The quantitative estimate of drug-likeness (QED) is 0.692. The Morgan fingerprint density at radius 1 is 1.16 bits per heavy atom. The summed E-state index contributed by atoms with van der Waals surface area (Å²) in [5.74, 6) is 2.51. The van der Waals surface area contributed by atoms with Crippen LogP contribution in [-0.2, 0) is 9.59 Å². The molecule has 2 aromatic rings. The lowest BCUT2D eigenvalue weighted by Crippen LogP contribution is -2.24. The molecule has 4 nitrogen and oxygen atoms in total. The molecule has 0 saturated carbocycles. The number of thioether (sulfide) groups is 1. The lowest BCUT2D eigenvalue weighted by molar-refractivity contribution is -0.117. The third kappa shape index (κ3) is 4.86. The summed E-state index contributed by atoms with van der Waals surface area (Å²) in [6.07, 6.45) is 0.497. The molecule has 25 heavy (non-hydrogen) atoms. The zero-order chi connectivity index (χ0) is 17.8. The lowest BCUT2D eigenvalue weighted by Gasteiger charge is -2.17. The number of anilines is 1. The third-order valence-corrected chi connectivity index (χ3v) is 5.50. The molecule has 1 saturated heterocycles. The van der Waals surface area contributed by atoms with Gasteiger partial charge in [-0.3, -0.25) is 9.59 Å². The van der Waals surface area contributed by atoms with Crippen LogP contribution in [0.2, 0.25) is 0 Å². The number of halogens is 1. The lowest BCUT2D eigenvalue weighted by atomic mass is 10.1. The minimum Gasteiger partial charge on any atom is -0.457 e. The van der Waals surface area contributed by atoms with Crippen LogP contribution in [-0.4, -0.2) is 23.3 Å². The van der Waals surface area contributed by atoms with Gasteiger partial charge in [0.1, 0.15) is 11.5 Å². The number of amides is 1. The van der Waals surface area contributed by atoms with Gasteiger partial charge in [0, 0.05) is 35.8 Å². The molecule has 0 N–H and O–H groups in total. The summed E-state index contributed by atoms with van der Waals surface area (Å²) in [4.78, 5) is 25.1. The number of hydrogen-bond donors (Lipinski definition) is 0. The van der Waals surface area contributed by atoms with Crippen LogP contribution in [0.5, 0.6) is 11.5 Å². The average molecular weight is 420 g/mol. The Labute approximate surface area is 159 Å². The summed E-state index contributed by atoms with van der Waals surface area (Å²) in [6.45, 7) is 2.22. The van der Waals surface area contributed by atoms with E-state index in [1.807, 2.05) is 48.5 Å². The fraction of sp³-hybridized carbons (Fsp3) is 0.263. The second-order valence-corrected chi connectivity index (χ2v) is 8.04. The van der Waals surface area contributed by atoms with Crippen LogP contribution in [0.25, 0.3) is 0 Å². The Hall–Kier alpha value is -1.79. The standard InChI is InChI=1S/C19H18BrNO3S/c1-13(22)25-12-14-10-19(23)21(11-14)16-4-8-18(9-5-16)24-17-6-2-15(20)3-7-17/h2-9,14H,10-12H2,1H3. The van der Waals surface area contributed by atoms with Crippen LogP contribution in [0, 0.1) is 5.92 Å². The fourth-order valence-corrected chi connectivity index (χ4v) is 3.67. The highest BCUT2D eigenvalue weighted by atomic mass is 79.9. The molecule has 6 heteroatoms. The minimum absolute atomic E-state index is 0.0975. The molecule has 1 aliphatic heterocycles. The van der Waals surface area contributed by atoms with Crippen LogP contribution in [0.3, 0.4) is 0 Å². The maximum absolute atomic E-state index is 12.2. The van der Waals surface area contributed by atoms with Gasteiger partial charge in [0.25, 0.3) is 0 Å². The second-order valence-electron chi connectivity index (χ2n) is 5.93.